The lowest BCUT2D eigenvalue weighted by Gasteiger charge is -2.18. The van der Waals surface area contributed by atoms with Gasteiger partial charge in [-0.05, 0) is 91.8 Å². The lowest BCUT2D eigenvalue weighted by Crippen LogP contribution is -2.11. The van der Waals surface area contributed by atoms with Gasteiger partial charge in [-0.25, -0.2) is 4.79 Å². The van der Waals surface area contributed by atoms with Crippen LogP contribution < -0.4 is 14.2 Å². The Morgan fingerprint density at radius 2 is 1.06 bits per heavy atom. The van der Waals surface area contributed by atoms with Crippen molar-refractivity contribution < 1.29 is 23.7 Å². The molecule has 0 saturated carbocycles. The number of carbonyl (C=O) groups excluding carboxylic acids is 1. The Bertz CT molecular complexity index is 872. The van der Waals surface area contributed by atoms with Crippen LogP contribution >= 0.6 is 0 Å². The van der Waals surface area contributed by atoms with Crippen molar-refractivity contribution in [2.45, 2.75) is 55.4 Å². The normalized spacial score (nSPS) is 9.88. The third-order valence-electron chi connectivity index (χ3n) is 4.17. The fourth-order valence-corrected chi connectivity index (χ4v) is 2.34. The lowest BCUT2D eigenvalue weighted by atomic mass is 10.1. The summed E-state index contributed by atoms with van der Waals surface area (Å²) < 4.78 is 23.4. The molecule has 1 aromatic carbocycles. The fourth-order valence-electron chi connectivity index (χ4n) is 2.34. The molecule has 0 fully saturated rings. The summed E-state index contributed by atoms with van der Waals surface area (Å²) in [6.07, 6.45) is 7.73. The molecule has 5 heteroatoms. The minimum Gasteiger partial charge on any atom is -0.485 e. The molecule has 5 nitrogen and oxygen atoms in total. The molecule has 0 aliphatic heterocycles. The topological polar surface area (TPSA) is 54.0 Å². The maximum atomic E-state index is 12.8. The Morgan fingerprint density at radius 3 is 1.56 bits per heavy atom. The summed E-state index contributed by atoms with van der Waals surface area (Å²) in [5.41, 5.74) is 4.76. The van der Waals surface area contributed by atoms with E-state index in [0.717, 1.165) is 22.3 Å². The van der Waals surface area contributed by atoms with Crippen LogP contribution in [0.2, 0.25) is 0 Å². The molecular formula is C27H38O5. The van der Waals surface area contributed by atoms with Crippen LogP contribution in [0.3, 0.4) is 0 Å². The highest BCUT2D eigenvalue weighted by Gasteiger charge is 2.23. The van der Waals surface area contributed by atoms with E-state index >= 15 is 0 Å². The van der Waals surface area contributed by atoms with E-state index in [1.165, 1.54) is 0 Å². The summed E-state index contributed by atoms with van der Waals surface area (Å²) >= 11 is 0. The summed E-state index contributed by atoms with van der Waals surface area (Å²) in [6.45, 7) is 17.1. The van der Waals surface area contributed by atoms with E-state index in [9.17, 15) is 4.79 Å². The third kappa shape index (κ3) is 10.4. The van der Waals surface area contributed by atoms with Crippen molar-refractivity contribution in [1.82, 2.24) is 0 Å². The molecule has 0 spiro atoms. The molecule has 0 heterocycles. The summed E-state index contributed by atoms with van der Waals surface area (Å²) in [5.74, 6) is 0.750. The quantitative estimate of drug-likeness (QED) is 0.262. The first-order valence-electron chi connectivity index (χ1n) is 10.9. The van der Waals surface area contributed by atoms with Gasteiger partial charge in [0.1, 0.15) is 32.0 Å². The zero-order chi connectivity index (χ0) is 24.1. The maximum absolute atomic E-state index is 12.8. The van der Waals surface area contributed by atoms with Crippen LogP contribution in [0.15, 0.2) is 58.7 Å². The molecule has 0 aromatic heterocycles. The maximum Gasteiger partial charge on any atom is 0.342 e. The van der Waals surface area contributed by atoms with E-state index in [4.69, 9.17) is 18.9 Å². The summed E-state index contributed by atoms with van der Waals surface area (Å²) in [4.78, 5) is 12.8. The number of ether oxygens (including phenoxy) is 4. The van der Waals surface area contributed by atoms with Crippen molar-refractivity contribution in [1.29, 1.82) is 0 Å². The number of benzene rings is 1. The number of carbonyl (C=O) groups is 1. The molecule has 1 aromatic rings. The number of rotatable bonds is 12. The zero-order valence-electron chi connectivity index (χ0n) is 20.8. The summed E-state index contributed by atoms with van der Waals surface area (Å²) in [5, 5.41) is 0. The molecular weight excluding hydrogens is 404 g/mol. The highest BCUT2D eigenvalue weighted by atomic mass is 16.5. The van der Waals surface area contributed by atoms with Crippen LogP contribution in [-0.2, 0) is 4.74 Å². The molecule has 0 bridgehead atoms. The molecule has 0 atom stereocenters. The highest BCUT2D eigenvalue weighted by molar-refractivity contribution is 5.94. The van der Waals surface area contributed by atoms with E-state index in [-0.39, 0.29) is 6.61 Å². The molecule has 176 valence electrons. The second-order valence-corrected chi connectivity index (χ2v) is 8.43. The molecule has 0 amide bonds. The lowest BCUT2D eigenvalue weighted by molar-refractivity contribution is 0.0544. The van der Waals surface area contributed by atoms with E-state index in [2.05, 4.69) is 0 Å². The Balaban J connectivity index is 3.39. The second-order valence-electron chi connectivity index (χ2n) is 8.43. The predicted molar refractivity (Wildman–Crippen MR) is 131 cm³/mol. The van der Waals surface area contributed by atoms with Crippen LogP contribution in [-0.4, -0.2) is 32.4 Å². The number of allylic oxidation sites excluding steroid dienone is 4. The van der Waals surface area contributed by atoms with Gasteiger partial charge < -0.3 is 18.9 Å². The van der Waals surface area contributed by atoms with Crippen LogP contribution in [0.1, 0.15) is 65.7 Å². The highest BCUT2D eigenvalue weighted by Crippen LogP contribution is 2.41. The Kier molecular flexibility index (Phi) is 12.0. The Morgan fingerprint density at radius 1 is 0.625 bits per heavy atom. The van der Waals surface area contributed by atoms with Crippen molar-refractivity contribution in [3.05, 3.63) is 64.3 Å². The van der Waals surface area contributed by atoms with Crippen molar-refractivity contribution in [3.63, 3.8) is 0 Å². The molecule has 0 saturated heterocycles. The van der Waals surface area contributed by atoms with Gasteiger partial charge in [-0.2, -0.15) is 0 Å². The molecule has 0 unspecified atom stereocenters. The molecule has 0 aliphatic carbocycles. The van der Waals surface area contributed by atoms with Gasteiger partial charge in [0.15, 0.2) is 11.5 Å². The van der Waals surface area contributed by atoms with Gasteiger partial charge in [-0.15, -0.1) is 0 Å². The zero-order valence-corrected chi connectivity index (χ0v) is 20.8. The van der Waals surface area contributed by atoms with Crippen LogP contribution in [0, 0.1) is 0 Å². The van der Waals surface area contributed by atoms with E-state index < -0.39 is 5.97 Å². The van der Waals surface area contributed by atoms with Gasteiger partial charge in [0.2, 0.25) is 5.75 Å². The van der Waals surface area contributed by atoms with Gasteiger partial charge in [-0.1, -0.05) is 22.3 Å². The first-order chi connectivity index (χ1) is 15.1. The van der Waals surface area contributed by atoms with Crippen molar-refractivity contribution in [2.24, 2.45) is 0 Å². The first-order valence-corrected chi connectivity index (χ1v) is 10.9. The molecule has 1 rings (SSSR count). The average molecular weight is 443 g/mol. The van der Waals surface area contributed by atoms with Crippen molar-refractivity contribution >= 4 is 5.97 Å². The van der Waals surface area contributed by atoms with Gasteiger partial charge in [0.25, 0.3) is 0 Å². The fraction of sp³-hybridized carbons (Fsp3) is 0.444. The summed E-state index contributed by atoms with van der Waals surface area (Å²) in [6, 6.07) is 3.39. The van der Waals surface area contributed by atoms with Crippen LogP contribution in [0.4, 0.5) is 0 Å². The molecule has 32 heavy (non-hydrogen) atoms. The SMILES string of the molecule is CC(C)=CCOC(=O)c1ccc(OCC=C(C)C)c(OCC=C(C)C)c1OCC=C(C)C. The number of esters is 1. The minimum atomic E-state index is -0.474. The number of hydrogen-bond acceptors (Lipinski definition) is 5. The van der Waals surface area contributed by atoms with Gasteiger partial charge in [0, 0.05) is 0 Å². The minimum absolute atomic E-state index is 0.196. The number of hydrogen-bond donors (Lipinski definition) is 0. The third-order valence-corrected chi connectivity index (χ3v) is 4.17. The van der Waals surface area contributed by atoms with Crippen LogP contribution in [0.25, 0.3) is 0 Å². The van der Waals surface area contributed by atoms with E-state index in [1.807, 2.05) is 79.7 Å². The van der Waals surface area contributed by atoms with Crippen molar-refractivity contribution in [2.75, 3.05) is 26.4 Å². The standard InChI is InChI=1S/C27H38O5/c1-19(2)11-15-29-24-10-9-23(27(28)32-18-14-22(7)8)25(30-16-12-20(3)4)26(24)31-17-13-21(5)6/h9-14H,15-18H2,1-8H3. The van der Waals surface area contributed by atoms with E-state index in [0.29, 0.717) is 42.6 Å². The Hall–Kier alpha value is -2.95. The second kappa shape index (κ2) is 14.2. The van der Waals surface area contributed by atoms with Gasteiger partial charge >= 0.3 is 5.97 Å². The van der Waals surface area contributed by atoms with Gasteiger partial charge in [-0.3, -0.25) is 0 Å². The average Bonchev–Trinajstić information content (AvgIpc) is 2.68. The van der Waals surface area contributed by atoms with Crippen LogP contribution in [0.5, 0.6) is 17.2 Å². The Labute approximate surface area is 193 Å². The first kappa shape index (κ1) is 27.1. The van der Waals surface area contributed by atoms with Gasteiger partial charge in [0.05, 0.1) is 0 Å². The largest absolute Gasteiger partial charge is 0.485 e. The predicted octanol–water partition coefficient (Wildman–Crippen LogP) is 6.84. The monoisotopic (exact) mass is 442 g/mol. The smallest absolute Gasteiger partial charge is 0.342 e. The molecule has 0 N–H and O–H groups in total. The molecule has 0 aliphatic rings. The van der Waals surface area contributed by atoms with Crippen molar-refractivity contribution in [3.8, 4) is 17.2 Å². The van der Waals surface area contributed by atoms with E-state index in [1.54, 1.807) is 12.1 Å². The summed E-state index contributed by atoms with van der Waals surface area (Å²) in [7, 11) is 0. The molecule has 0 radical (unpaired) electrons.